The molecule has 0 bridgehead atoms. The highest BCUT2D eigenvalue weighted by molar-refractivity contribution is 6.29. The Bertz CT molecular complexity index is 1080. The second-order valence-corrected chi connectivity index (χ2v) is 9.66. The molecule has 1 heterocycles. The molecule has 1 fully saturated rings. The summed E-state index contributed by atoms with van der Waals surface area (Å²) < 4.78 is 20.2. The molecular weight excluding hydrogens is 423 g/mol. The van der Waals surface area contributed by atoms with Crippen LogP contribution in [0.4, 0.5) is 4.39 Å². The molecule has 170 valence electrons. The number of aromatic nitrogens is 1. The third-order valence-electron chi connectivity index (χ3n) is 7.44. The van der Waals surface area contributed by atoms with Crippen LogP contribution in [-0.4, -0.2) is 18.6 Å². The van der Waals surface area contributed by atoms with Crippen molar-refractivity contribution >= 4 is 22.5 Å². The number of ether oxygens (including phenoxy) is 1. The van der Waals surface area contributed by atoms with E-state index < -0.39 is 0 Å². The van der Waals surface area contributed by atoms with Crippen LogP contribution in [0.2, 0.25) is 5.15 Å². The van der Waals surface area contributed by atoms with E-state index in [9.17, 15) is 4.39 Å². The summed E-state index contributed by atoms with van der Waals surface area (Å²) in [5.74, 6) is 1.28. The lowest BCUT2D eigenvalue weighted by molar-refractivity contribution is 0.183. The van der Waals surface area contributed by atoms with E-state index in [1.165, 1.54) is 37.3 Å². The van der Waals surface area contributed by atoms with E-state index in [1.54, 1.807) is 19.2 Å². The van der Waals surface area contributed by atoms with Crippen LogP contribution in [0, 0.1) is 17.7 Å². The second kappa shape index (κ2) is 9.76. The van der Waals surface area contributed by atoms with Crippen molar-refractivity contribution in [3.05, 3.63) is 70.6 Å². The van der Waals surface area contributed by atoms with Gasteiger partial charge in [-0.3, -0.25) is 0 Å². The number of methoxy groups -OCH3 is 1. The molecule has 2 N–H and O–H groups in total. The summed E-state index contributed by atoms with van der Waals surface area (Å²) in [6, 6.07) is 15.0. The Hall–Kier alpha value is -2.17. The summed E-state index contributed by atoms with van der Waals surface area (Å²) in [4.78, 5) is 4.51. The van der Waals surface area contributed by atoms with E-state index in [0.29, 0.717) is 17.6 Å². The fourth-order valence-electron chi connectivity index (χ4n) is 5.84. The Balaban J connectivity index is 1.86. The highest BCUT2D eigenvalue weighted by Crippen LogP contribution is 2.49. The van der Waals surface area contributed by atoms with E-state index in [1.807, 2.05) is 24.3 Å². The molecule has 2 unspecified atom stereocenters. The largest absolute Gasteiger partial charge is 0.496 e. The lowest BCUT2D eigenvalue weighted by Gasteiger charge is -2.43. The third-order valence-corrected chi connectivity index (χ3v) is 7.63. The third kappa shape index (κ3) is 4.49. The molecule has 0 spiro atoms. The second-order valence-electron chi connectivity index (χ2n) is 9.28. The summed E-state index contributed by atoms with van der Waals surface area (Å²) in [6.07, 6.45) is 6.42. The maximum Gasteiger partial charge on any atom is 0.130 e. The molecule has 2 atom stereocenters. The van der Waals surface area contributed by atoms with Crippen LogP contribution in [0.25, 0.3) is 10.9 Å². The average molecular weight is 455 g/mol. The molecule has 1 aliphatic rings. The van der Waals surface area contributed by atoms with Crippen LogP contribution < -0.4 is 10.5 Å². The first kappa shape index (κ1) is 23.0. The standard InChI is InChI=1S/C27H32ClFN2O/c1-27(13-14-30,23-17-20(29)11-12-25(23)32-2)22(18-7-3-4-8-18)15-19-16-26(28)31-24-10-6-5-9-21(19)24/h5-6,9-12,16-18,22H,3-4,7-8,13-15,30H2,1-2H3. The van der Waals surface area contributed by atoms with Crippen LogP contribution in [0.5, 0.6) is 5.75 Å². The molecule has 3 nitrogen and oxygen atoms in total. The molecule has 0 aliphatic heterocycles. The first-order valence-corrected chi connectivity index (χ1v) is 11.9. The molecule has 0 amide bonds. The topological polar surface area (TPSA) is 48.1 Å². The van der Waals surface area contributed by atoms with Crippen molar-refractivity contribution in [2.24, 2.45) is 17.6 Å². The number of pyridine rings is 1. The lowest BCUT2D eigenvalue weighted by Crippen LogP contribution is -2.40. The van der Waals surface area contributed by atoms with Gasteiger partial charge in [0.05, 0.1) is 12.6 Å². The minimum Gasteiger partial charge on any atom is -0.496 e. The van der Waals surface area contributed by atoms with Gasteiger partial charge in [0.1, 0.15) is 16.7 Å². The molecular formula is C27H32ClFN2O. The summed E-state index contributed by atoms with van der Waals surface area (Å²) >= 11 is 6.43. The van der Waals surface area contributed by atoms with Crippen LogP contribution in [0.15, 0.2) is 48.5 Å². The van der Waals surface area contributed by atoms with Gasteiger partial charge in [-0.1, -0.05) is 62.4 Å². The Labute approximate surface area is 195 Å². The first-order valence-electron chi connectivity index (χ1n) is 11.5. The Morgan fingerprint density at radius 1 is 1.19 bits per heavy atom. The van der Waals surface area contributed by atoms with Crippen molar-refractivity contribution in [3.63, 3.8) is 0 Å². The Morgan fingerprint density at radius 3 is 2.66 bits per heavy atom. The van der Waals surface area contributed by atoms with Gasteiger partial charge < -0.3 is 10.5 Å². The summed E-state index contributed by atoms with van der Waals surface area (Å²) in [5.41, 5.74) is 8.83. The van der Waals surface area contributed by atoms with E-state index in [4.69, 9.17) is 22.1 Å². The fourth-order valence-corrected chi connectivity index (χ4v) is 6.06. The van der Waals surface area contributed by atoms with Crippen molar-refractivity contribution in [1.29, 1.82) is 0 Å². The smallest absolute Gasteiger partial charge is 0.130 e. The summed E-state index contributed by atoms with van der Waals surface area (Å²) in [5, 5.41) is 1.63. The minimum atomic E-state index is -0.339. The van der Waals surface area contributed by atoms with Gasteiger partial charge in [0.25, 0.3) is 0 Å². The van der Waals surface area contributed by atoms with Crippen LogP contribution >= 0.6 is 11.6 Å². The van der Waals surface area contributed by atoms with Crippen molar-refractivity contribution < 1.29 is 9.13 Å². The monoisotopic (exact) mass is 454 g/mol. The number of hydrogen-bond acceptors (Lipinski definition) is 3. The summed E-state index contributed by atoms with van der Waals surface area (Å²) in [6.45, 7) is 2.77. The zero-order valence-corrected chi connectivity index (χ0v) is 19.7. The molecule has 2 aromatic carbocycles. The number of halogens is 2. The van der Waals surface area contributed by atoms with Gasteiger partial charge in [0, 0.05) is 16.4 Å². The average Bonchev–Trinajstić information content (AvgIpc) is 3.31. The van der Waals surface area contributed by atoms with Gasteiger partial charge in [0.15, 0.2) is 0 Å². The van der Waals surface area contributed by atoms with Gasteiger partial charge in [0.2, 0.25) is 0 Å². The molecule has 4 rings (SSSR count). The molecule has 1 aliphatic carbocycles. The van der Waals surface area contributed by atoms with Crippen LogP contribution in [0.1, 0.15) is 50.2 Å². The number of hydrogen-bond donors (Lipinski definition) is 1. The van der Waals surface area contributed by atoms with Gasteiger partial charge in [-0.2, -0.15) is 0 Å². The quantitative estimate of drug-likeness (QED) is 0.385. The van der Waals surface area contributed by atoms with E-state index in [0.717, 1.165) is 35.1 Å². The van der Waals surface area contributed by atoms with Gasteiger partial charge in [-0.15, -0.1) is 0 Å². The number of benzene rings is 2. The van der Waals surface area contributed by atoms with Gasteiger partial charge in [-0.25, -0.2) is 9.37 Å². The maximum atomic E-state index is 14.5. The van der Waals surface area contributed by atoms with Crippen molar-refractivity contribution in [2.45, 2.75) is 50.9 Å². The number of nitrogens with two attached hydrogens (primary N) is 1. The van der Waals surface area contributed by atoms with E-state index >= 15 is 0 Å². The fraction of sp³-hybridized carbons (Fsp3) is 0.444. The lowest BCUT2D eigenvalue weighted by atomic mass is 9.62. The Kier molecular flexibility index (Phi) is 7.02. The first-order chi connectivity index (χ1) is 15.5. The molecule has 1 saturated carbocycles. The zero-order valence-electron chi connectivity index (χ0n) is 18.9. The van der Waals surface area contributed by atoms with E-state index in [2.05, 4.69) is 18.0 Å². The van der Waals surface area contributed by atoms with Crippen molar-refractivity contribution in [3.8, 4) is 5.75 Å². The van der Waals surface area contributed by atoms with E-state index in [-0.39, 0.29) is 17.2 Å². The molecule has 3 aromatic rings. The predicted molar refractivity (Wildman–Crippen MR) is 130 cm³/mol. The highest BCUT2D eigenvalue weighted by Gasteiger charge is 2.42. The Morgan fingerprint density at radius 2 is 1.94 bits per heavy atom. The van der Waals surface area contributed by atoms with Crippen molar-refractivity contribution in [1.82, 2.24) is 4.98 Å². The molecule has 5 heteroatoms. The number of nitrogens with zero attached hydrogens (tertiary/aromatic N) is 1. The number of para-hydroxylation sites is 1. The normalized spacial score (nSPS) is 17.4. The van der Waals surface area contributed by atoms with Gasteiger partial charge >= 0.3 is 0 Å². The van der Waals surface area contributed by atoms with Crippen LogP contribution in [-0.2, 0) is 11.8 Å². The summed E-state index contributed by atoms with van der Waals surface area (Å²) in [7, 11) is 1.65. The predicted octanol–water partition coefficient (Wildman–Crippen LogP) is 6.69. The number of fused-ring (bicyclic) bond motifs is 1. The molecule has 32 heavy (non-hydrogen) atoms. The molecule has 1 aromatic heterocycles. The molecule has 0 saturated heterocycles. The van der Waals surface area contributed by atoms with Crippen molar-refractivity contribution in [2.75, 3.05) is 13.7 Å². The maximum absolute atomic E-state index is 14.5. The van der Waals surface area contributed by atoms with Gasteiger partial charge in [-0.05, 0) is 67.1 Å². The zero-order chi connectivity index (χ0) is 22.7. The molecule has 0 radical (unpaired) electrons. The minimum absolute atomic E-state index is 0.244. The highest BCUT2D eigenvalue weighted by atomic mass is 35.5. The SMILES string of the molecule is COc1ccc(F)cc1C(C)(CCN)C(Cc1cc(Cl)nc2ccccc12)C1CCCC1. The van der Waals surface area contributed by atoms with Crippen LogP contribution in [0.3, 0.4) is 0 Å². The number of rotatable bonds is 8.